The maximum atomic E-state index is 12.1. The number of esters is 1. The van der Waals surface area contributed by atoms with Crippen molar-refractivity contribution >= 4 is 23.4 Å². The molecule has 0 saturated heterocycles. The molecule has 0 spiro atoms. The number of nitrogen functional groups attached to an aromatic ring is 1. The van der Waals surface area contributed by atoms with Crippen molar-refractivity contribution in [3.63, 3.8) is 0 Å². The number of methoxy groups -OCH3 is 2. The lowest BCUT2D eigenvalue weighted by atomic mass is 9.96. The van der Waals surface area contributed by atoms with Crippen molar-refractivity contribution in [2.75, 3.05) is 20.0 Å². The molecule has 3 N–H and O–H groups in total. The standard InChI is InChI=1S/C18H15ClN4O5/c1-8(18(25)27-3)28-15-12(19)4-9(5-13(15)26-2)14-10(6-20)16(22)23-17(24)11(14)7-21/h4-5,8H,1-3H3,(H3,22,23,24). The van der Waals surface area contributed by atoms with Gasteiger partial charge in [0.05, 0.1) is 19.2 Å². The second-order valence-electron chi connectivity index (χ2n) is 5.49. The summed E-state index contributed by atoms with van der Waals surface area (Å²) in [6, 6.07) is 6.42. The van der Waals surface area contributed by atoms with E-state index in [1.54, 1.807) is 6.07 Å². The van der Waals surface area contributed by atoms with Crippen LogP contribution in [0.25, 0.3) is 11.1 Å². The third kappa shape index (κ3) is 3.70. The van der Waals surface area contributed by atoms with Crippen LogP contribution in [0, 0.1) is 22.7 Å². The van der Waals surface area contributed by atoms with Gasteiger partial charge in [0.1, 0.15) is 29.1 Å². The number of carbonyl (C=O) groups excluding carboxylic acids is 1. The van der Waals surface area contributed by atoms with Gasteiger partial charge in [-0.15, -0.1) is 0 Å². The molecular weight excluding hydrogens is 388 g/mol. The fourth-order valence-electron chi connectivity index (χ4n) is 2.50. The van der Waals surface area contributed by atoms with E-state index in [-0.39, 0.29) is 44.6 Å². The number of H-pyrrole nitrogens is 1. The number of hydrogen-bond donors (Lipinski definition) is 2. The van der Waals surface area contributed by atoms with Crippen LogP contribution in [0.15, 0.2) is 16.9 Å². The zero-order valence-corrected chi connectivity index (χ0v) is 15.9. The van der Waals surface area contributed by atoms with Crippen LogP contribution in [0.1, 0.15) is 18.1 Å². The lowest BCUT2D eigenvalue weighted by Crippen LogP contribution is -2.25. The number of nitrogens with one attached hydrogen (secondary N) is 1. The van der Waals surface area contributed by atoms with E-state index in [4.69, 9.17) is 26.8 Å². The van der Waals surface area contributed by atoms with Crippen LogP contribution >= 0.6 is 11.6 Å². The van der Waals surface area contributed by atoms with Gasteiger partial charge in [-0.05, 0) is 24.6 Å². The van der Waals surface area contributed by atoms with Gasteiger partial charge in [0.15, 0.2) is 17.6 Å². The van der Waals surface area contributed by atoms with Crippen LogP contribution < -0.4 is 20.8 Å². The van der Waals surface area contributed by atoms with Crippen LogP contribution in [0.2, 0.25) is 5.02 Å². The fourth-order valence-corrected chi connectivity index (χ4v) is 2.76. The Labute approximate surface area is 164 Å². The summed E-state index contributed by atoms with van der Waals surface area (Å²) in [5, 5.41) is 18.8. The van der Waals surface area contributed by atoms with Gasteiger partial charge in [-0.3, -0.25) is 4.79 Å². The molecule has 144 valence electrons. The number of anilines is 1. The molecule has 28 heavy (non-hydrogen) atoms. The van der Waals surface area contributed by atoms with Crippen molar-refractivity contribution in [2.45, 2.75) is 13.0 Å². The summed E-state index contributed by atoms with van der Waals surface area (Å²) in [6.45, 7) is 1.47. The summed E-state index contributed by atoms with van der Waals surface area (Å²) < 4.78 is 15.4. The molecule has 9 nitrogen and oxygen atoms in total. The number of nitriles is 2. The fraction of sp³-hybridized carbons (Fsp3) is 0.222. The highest BCUT2D eigenvalue weighted by atomic mass is 35.5. The molecule has 1 unspecified atom stereocenters. The molecule has 0 aliphatic rings. The molecule has 0 aliphatic carbocycles. The number of nitrogens with two attached hydrogens (primary N) is 1. The molecule has 0 radical (unpaired) electrons. The third-order valence-corrected chi connectivity index (χ3v) is 4.09. The van der Waals surface area contributed by atoms with Crippen molar-refractivity contribution in [3.05, 3.63) is 38.6 Å². The highest BCUT2D eigenvalue weighted by Gasteiger charge is 2.24. The number of carbonyl (C=O) groups is 1. The number of benzene rings is 1. The number of aromatic nitrogens is 1. The van der Waals surface area contributed by atoms with Crippen LogP contribution in [-0.4, -0.2) is 31.3 Å². The van der Waals surface area contributed by atoms with E-state index in [2.05, 4.69) is 9.72 Å². The van der Waals surface area contributed by atoms with Gasteiger partial charge in [-0.1, -0.05) is 11.6 Å². The quantitative estimate of drug-likeness (QED) is 0.720. The van der Waals surface area contributed by atoms with Crippen LogP contribution in [-0.2, 0) is 9.53 Å². The molecule has 2 rings (SSSR count). The SMILES string of the molecule is COC(=O)C(C)Oc1c(Cl)cc(-c2c(C#N)c(N)[nH]c(=O)c2C#N)cc1OC. The van der Waals surface area contributed by atoms with E-state index in [9.17, 15) is 20.1 Å². The van der Waals surface area contributed by atoms with Crippen LogP contribution in [0.5, 0.6) is 11.5 Å². The van der Waals surface area contributed by atoms with E-state index in [0.717, 1.165) is 0 Å². The van der Waals surface area contributed by atoms with E-state index in [1.807, 2.05) is 6.07 Å². The number of rotatable bonds is 5. The normalized spacial score (nSPS) is 11.1. The van der Waals surface area contributed by atoms with Crippen molar-refractivity contribution < 1.29 is 19.0 Å². The van der Waals surface area contributed by atoms with Crippen molar-refractivity contribution in [2.24, 2.45) is 0 Å². The van der Waals surface area contributed by atoms with E-state index >= 15 is 0 Å². The van der Waals surface area contributed by atoms with Gasteiger partial charge in [-0.2, -0.15) is 10.5 Å². The summed E-state index contributed by atoms with van der Waals surface area (Å²) in [4.78, 5) is 25.9. The van der Waals surface area contributed by atoms with E-state index < -0.39 is 17.6 Å². The average Bonchev–Trinajstić information content (AvgIpc) is 2.67. The van der Waals surface area contributed by atoms with Crippen LogP contribution in [0.4, 0.5) is 5.82 Å². The molecule has 0 fully saturated rings. The van der Waals surface area contributed by atoms with Gasteiger partial charge in [0.2, 0.25) is 0 Å². The Bertz CT molecular complexity index is 1080. The molecule has 10 heteroatoms. The summed E-state index contributed by atoms with van der Waals surface area (Å²) >= 11 is 6.29. The minimum Gasteiger partial charge on any atom is -0.493 e. The van der Waals surface area contributed by atoms with Gasteiger partial charge in [0.25, 0.3) is 5.56 Å². The largest absolute Gasteiger partial charge is 0.493 e. The Balaban J connectivity index is 2.73. The lowest BCUT2D eigenvalue weighted by molar-refractivity contribution is -0.147. The molecule has 0 aliphatic heterocycles. The first-order valence-electron chi connectivity index (χ1n) is 7.77. The number of halogens is 1. The second kappa shape index (κ2) is 8.33. The number of ether oxygens (including phenoxy) is 3. The number of pyridine rings is 1. The van der Waals surface area contributed by atoms with Gasteiger partial charge < -0.3 is 24.9 Å². The molecule has 2 aromatic rings. The van der Waals surface area contributed by atoms with Gasteiger partial charge in [0, 0.05) is 5.56 Å². The van der Waals surface area contributed by atoms with Crippen molar-refractivity contribution in [3.8, 4) is 34.8 Å². The Hall–Kier alpha value is -3.69. The summed E-state index contributed by atoms with van der Waals surface area (Å²) in [6.07, 6.45) is -0.971. The molecule has 1 aromatic heterocycles. The molecule has 0 saturated carbocycles. The van der Waals surface area contributed by atoms with E-state index in [1.165, 1.54) is 33.3 Å². The van der Waals surface area contributed by atoms with Crippen molar-refractivity contribution in [1.29, 1.82) is 10.5 Å². The number of aromatic amines is 1. The molecule has 1 aromatic carbocycles. The highest BCUT2D eigenvalue weighted by Crippen LogP contribution is 2.41. The minimum atomic E-state index is -0.971. The number of nitrogens with zero attached hydrogens (tertiary/aromatic N) is 2. The maximum absolute atomic E-state index is 12.1. The Morgan fingerprint density at radius 1 is 1.25 bits per heavy atom. The first kappa shape index (κ1) is 20.6. The first-order chi connectivity index (χ1) is 13.3. The highest BCUT2D eigenvalue weighted by molar-refractivity contribution is 6.32. The Morgan fingerprint density at radius 3 is 2.43 bits per heavy atom. The first-order valence-corrected chi connectivity index (χ1v) is 8.15. The minimum absolute atomic E-state index is 0.0130. The molecule has 0 bridgehead atoms. The topological polar surface area (TPSA) is 151 Å². The third-order valence-electron chi connectivity index (χ3n) is 3.81. The molecule has 1 heterocycles. The zero-order valence-electron chi connectivity index (χ0n) is 15.1. The van der Waals surface area contributed by atoms with Gasteiger partial charge in [-0.25, -0.2) is 4.79 Å². The smallest absolute Gasteiger partial charge is 0.346 e. The van der Waals surface area contributed by atoms with Crippen LogP contribution in [0.3, 0.4) is 0 Å². The zero-order chi connectivity index (χ0) is 21.0. The predicted octanol–water partition coefficient (Wildman–Crippen LogP) is 1.97. The summed E-state index contributed by atoms with van der Waals surface area (Å²) in [7, 11) is 2.56. The molecular formula is C18H15ClN4O5. The average molecular weight is 403 g/mol. The van der Waals surface area contributed by atoms with E-state index in [0.29, 0.717) is 0 Å². The molecule has 0 amide bonds. The lowest BCUT2D eigenvalue weighted by Gasteiger charge is -2.18. The number of hydrogen-bond acceptors (Lipinski definition) is 8. The monoisotopic (exact) mass is 402 g/mol. The Morgan fingerprint density at radius 2 is 1.89 bits per heavy atom. The summed E-state index contributed by atoms with van der Waals surface area (Å²) in [5.74, 6) is -0.634. The Kier molecular flexibility index (Phi) is 6.14. The van der Waals surface area contributed by atoms with Crippen molar-refractivity contribution in [1.82, 2.24) is 4.98 Å². The second-order valence-corrected chi connectivity index (χ2v) is 5.90. The maximum Gasteiger partial charge on any atom is 0.346 e. The van der Waals surface area contributed by atoms with Gasteiger partial charge >= 0.3 is 5.97 Å². The molecule has 1 atom stereocenters. The predicted molar refractivity (Wildman–Crippen MR) is 100 cm³/mol. The summed E-state index contributed by atoms with van der Waals surface area (Å²) in [5.41, 5.74) is 4.83.